The maximum absolute atomic E-state index is 5.96. The van der Waals surface area contributed by atoms with Crippen LogP contribution in [0.25, 0.3) is 11.4 Å². The first-order valence-corrected chi connectivity index (χ1v) is 7.07. The van der Waals surface area contributed by atoms with E-state index in [1.165, 1.54) is 22.3 Å². The van der Waals surface area contributed by atoms with E-state index in [1.54, 1.807) is 0 Å². The Morgan fingerprint density at radius 2 is 1.68 bits per heavy atom. The van der Waals surface area contributed by atoms with Crippen molar-refractivity contribution in [2.24, 2.45) is 0 Å². The van der Waals surface area contributed by atoms with Gasteiger partial charge in [-0.15, -0.1) is 21.8 Å². The van der Waals surface area contributed by atoms with E-state index < -0.39 is 0 Å². The molecule has 1 aromatic carbocycles. The number of hydrogen-bond acceptors (Lipinski definition) is 2. The van der Waals surface area contributed by atoms with Gasteiger partial charge in [-0.1, -0.05) is 17.7 Å². The summed E-state index contributed by atoms with van der Waals surface area (Å²) < 4.78 is 2.12. The quantitative estimate of drug-likeness (QED) is 0.788. The van der Waals surface area contributed by atoms with Gasteiger partial charge in [0.2, 0.25) is 0 Å². The minimum absolute atomic E-state index is 0.291. The van der Waals surface area contributed by atoms with E-state index in [1.807, 2.05) is 0 Å². The maximum atomic E-state index is 5.96. The monoisotopic (exact) mass is 277 g/mol. The highest BCUT2D eigenvalue weighted by Gasteiger charge is 2.18. The first-order valence-electron chi connectivity index (χ1n) is 6.53. The third-order valence-corrected chi connectivity index (χ3v) is 3.54. The van der Waals surface area contributed by atoms with Crippen molar-refractivity contribution in [3.8, 4) is 11.4 Å². The summed E-state index contributed by atoms with van der Waals surface area (Å²) in [5, 5.41) is 8.58. The smallest absolute Gasteiger partial charge is 0.164 e. The molecule has 0 spiro atoms. The zero-order chi connectivity index (χ0) is 14.2. The van der Waals surface area contributed by atoms with Gasteiger partial charge in [-0.3, -0.25) is 0 Å². The fourth-order valence-electron chi connectivity index (χ4n) is 2.66. The lowest BCUT2D eigenvalue weighted by atomic mass is 9.99. The minimum Gasteiger partial charge on any atom is -0.307 e. The number of nitrogens with zero attached hydrogens (tertiary/aromatic N) is 3. The second kappa shape index (κ2) is 5.33. The Morgan fingerprint density at radius 3 is 2.16 bits per heavy atom. The normalized spacial score (nSPS) is 11.3. The van der Waals surface area contributed by atoms with E-state index >= 15 is 0 Å². The lowest BCUT2D eigenvalue weighted by Crippen LogP contribution is -2.08. The number of halogens is 1. The Hall–Kier alpha value is -1.35. The summed E-state index contributed by atoms with van der Waals surface area (Å²) in [7, 11) is 0. The molecule has 0 bridgehead atoms. The summed E-state index contributed by atoms with van der Waals surface area (Å²) >= 11 is 5.96. The lowest BCUT2D eigenvalue weighted by Gasteiger charge is -2.16. The fourth-order valence-corrected chi connectivity index (χ4v) is 2.84. The van der Waals surface area contributed by atoms with Crippen molar-refractivity contribution in [1.82, 2.24) is 14.8 Å². The standard InChI is InChI=1S/C15H20ClN3/c1-9(2)19-13(8-16)17-18-15(19)14-11(4)6-10(3)7-12(14)5/h6-7,9H,8H2,1-5H3. The molecule has 2 aromatic rings. The van der Waals surface area contributed by atoms with Crippen molar-refractivity contribution in [3.63, 3.8) is 0 Å². The van der Waals surface area contributed by atoms with Crippen LogP contribution in [0.4, 0.5) is 0 Å². The van der Waals surface area contributed by atoms with Crippen molar-refractivity contribution in [2.45, 2.75) is 46.5 Å². The molecule has 0 radical (unpaired) electrons. The topological polar surface area (TPSA) is 30.7 Å². The van der Waals surface area contributed by atoms with Crippen LogP contribution in [0.15, 0.2) is 12.1 Å². The van der Waals surface area contributed by atoms with Crippen molar-refractivity contribution in [2.75, 3.05) is 0 Å². The molecule has 4 heteroatoms. The summed E-state index contributed by atoms with van der Waals surface area (Å²) in [6.07, 6.45) is 0. The molecule has 1 aromatic heterocycles. The Labute approximate surface area is 119 Å². The molecule has 1 heterocycles. The molecule has 3 nitrogen and oxygen atoms in total. The first kappa shape index (κ1) is 14.1. The van der Waals surface area contributed by atoms with Crippen LogP contribution >= 0.6 is 11.6 Å². The molecule has 102 valence electrons. The van der Waals surface area contributed by atoms with E-state index in [-0.39, 0.29) is 0 Å². The Bertz CT molecular complexity index is 576. The molecular weight excluding hydrogens is 258 g/mol. The molecule has 0 fully saturated rings. The van der Waals surface area contributed by atoms with Crippen LogP contribution in [0.2, 0.25) is 0 Å². The molecule has 0 aliphatic carbocycles. The van der Waals surface area contributed by atoms with Gasteiger partial charge in [-0.25, -0.2) is 0 Å². The molecule has 0 saturated heterocycles. The molecule has 0 aliphatic heterocycles. The number of aromatic nitrogens is 3. The number of rotatable bonds is 3. The Morgan fingerprint density at radius 1 is 1.11 bits per heavy atom. The van der Waals surface area contributed by atoms with Crippen LogP contribution in [0.1, 0.15) is 42.4 Å². The summed E-state index contributed by atoms with van der Waals surface area (Å²) in [6, 6.07) is 4.66. The molecule has 2 rings (SSSR count). The average Bonchev–Trinajstić information content (AvgIpc) is 2.71. The molecule has 0 unspecified atom stereocenters. The third kappa shape index (κ3) is 2.52. The zero-order valence-electron chi connectivity index (χ0n) is 12.2. The van der Waals surface area contributed by atoms with E-state index in [9.17, 15) is 0 Å². The second-order valence-corrected chi connectivity index (χ2v) is 5.58. The van der Waals surface area contributed by atoms with Crippen LogP contribution in [-0.2, 0) is 5.88 Å². The summed E-state index contributed by atoms with van der Waals surface area (Å²) in [5.41, 5.74) is 4.90. The van der Waals surface area contributed by atoms with Crippen LogP contribution in [0.5, 0.6) is 0 Å². The predicted molar refractivity (Wildman–Crippen MR) is 79.6 cm³/mol. The van der Waals surface area contributed by atoms with Gasteiger partial charge in [0, 0.05) is 11.6 Å². The van der Waals surface area contributed by atoms with Crippen LogP contribution < -0.4 is 0 Å². The lowest BCUT2D eigenvalue weighted by molar-refractivity contribution is 0.584. The van der Waals surface area contributed by atoms with Gasteiger partial charge in [0.25, 0.3) is 0 Å². The summed E-state index contributed by atoms with van der Waals surface area (Å²) in [5.74, 6) is 2.13. The van der Waals surface area contributed by atoms with Gasteiger partial charge >= 0.3 is 0 Å². The number of benzene rings is 1. The number of hydrogen-bond donors (Lipinski definition) is 0. The van der Waals surface area contributed by atoms with E-state index in [0.29, 0.717) is 11.9 Å². The molecule has 0 atom stereocenters. The molecule has 0 aliphatic rings. The Balaban J connectivity index is 2.69. The summed E-state index contributed by atoms with van der Waals surface area (Å²) in [4.78, 5) is 0. The van der Waals surface area contributed by atoms with E-state index in [0.717, 1.165) is 11.6 Å². The highest BCUT2D eigenvalue weighted by molar-refractivity contribution is 6.16. The highest BCUT2D eigenvalue weighted by atomic mass is 35.5. The zero-order valence-corrected chi connectivity index (χ0v) is 12.9. The molecule has 0 amide bonds. The largest absolute Gasteiger partial charge is 0.307 e. The van der Waals surface area contributed by atoms with Crippen LogP contribution in [0.3, 0.4) is 0 Å². The predicted octanol–water partition coefficient (Wildman–Crippen LogP) is 4.19. The molecule has 0 saturated carbocycles. The number of alkyl halides is 1. The second-order valence-electron chi connectivity index (χ2n) is 5.31. The van der Waals surface area contributed by atoms with Crippen LogP contribution in [0, 0.1) is 20.8 Å². The Kier molecular flexibility index (Phi) is 3.95. The molecular formula is C15H20ClN3. The molecule has 19 heavy (non-hydrogen) atoms. The van der Waals surface area contributed by atoms with Gasteiger partial charge in [0.1, 0.15) is 5.82 Å². The van der Waals surface area contributed by atoms with Crippen molar-refractivity contribution < 1.29 is 0 Å². The highest BCUT2D eigenvalue weighted by Crippen LogP contribution is 2.29. The minimum atomic E-state index is 0.291. The van der Waals surface area contributed by atoms with Gasteiger partial charge in [-0.2, -0.15) is 0 Å². The van der Waals surface area contributed by atoms with Gasteiger partial charge in [0.05, 0.1) is 5.88 Å². The van der Waals surface area contributed by atoms with Gasteiger partial charge in [-0.05, 0) is 45.7 Å². The van der Waals surface area contributed by atoms with Crippen molar-refractivity contribution >= 4 is 11.6 Å². The van der Waals surface area contributed by atoms with Crippen LogP contribution in [-0.4, -0.2) is 14.8 Å². The fraction of sp³-hybridized carbons (Fsp3) is 0.467. The van der Waals surface area contributed by atoms with Gasteiger partial charge < -0.3 is 4.57 Å². The maximum Gasteiger partial charge on any atom is 0.164 e. The van der Waals surface area contributed by atoms with E-state index in [4.69, 9.17) is 11.6 Å². The SMILES string of the molecule is Cc1cc(C)c(-c2nnc(CCl)n2C(C)C)c(C)c1. The van der Waals surface area contributed by atoms with E-state index in [2.05, 4.69) is 61.5 Å². The van der Waals surface area contributed by atoms with Crippen molar-refractivity contribution in [1.29, 1.82) is 0 Å². The van der Waals surface area contributed by atoms with Gasteiger partial charge in [0.15, 0.2) is 5.82 Å². The average molecular weight is 278 g/mol. The molecule has 0 N–H and O–H groups in total. The summed E-state index contributed by atoms with van der Waals surface area (Å²) in [6.45, 7) is 10.6. The van der Waals surface area contributed by atoms with Crippen molar-refractivity contribution in [3.05, 3.63) is 34.6 Å². The first-order chi connectivity index (χ1) is 8.95. The number of aryl methyl sites for hydroxylation is 3. The third-order valence-electron chi connectivity index (χ3n) is 3.30.